The second-order valence-corrected chi connectivity index (χ2v) is 7.83. The molecule has 8 heteroatoms. The van der Waals surface area contributed by atoms with E-state index >= 15 is 0 Å². The highest BCUT2D eigenvalue weighted by atomic mass is 32.2. The summed E-state index contributed by atoms with van der Waals surface area (Å²) in [6.45, 7) is 4.17. The summed E-state index contributed by atoms with van der Waals surface area (Å²) in [6, 6.07) is 11.2. The fourth-order valence-electron chi connectivity index (χ4n) is 2.50. The Hall–Kier alpha value is -2.58. The van der Waals surface area contributed by atoms with Gasteiger partial charge in [-0.05, 0) is 44.2 Å². The smallest absolute Gasteiger partial charge is 0.337 e. The van der Waals surface area contributed by atoms with E-state index in [1.54, 1.807) is 25.3 Å². The van der Waals surface area contributed by atoms with E-state index < -0.39 is 16.0 Å². The number of ether oxygens (including phenoxy) is 2. The fraction of sp³-hybridized carbons (Fsp3) is 0.316. The predicted octanol–water partition coefficient (Wildman–Crippen LogP) is 3.03. The number of carbonyl (C=O) groups excluding carboxylic acids is 1. The molecular weight excluding hydrogens is 368 g/mol. The number of sulfonamides is 1. The second-order valence-electron chi connectivity index (χ2n) is 6.17. The standard InChI is InChI=1S/C19H24N2O5S/c1-13-5-8-16(9-6-13)21-27(23,24)18-11-15(19(22)26-4)7-10-17(18)20-14(2)12-25-3/h5-11,14,20-21H,12H2,1-4H3/t14-/m1/s1. The van der Waals surface area contributed by atoms with E-state index in [1.807, 2.05) is 26.0 Å². The Kier molecular flexibility index (Phi) is 6.81. The first-order chi connectivity index (χ1) is 12.8. The molecule has 0 aliphatic rings. The van der Waals surface area contributed by atoms with E-state index in [4.69, 9.17) is 9.47 Å². The molecule has 0 bridgehead atoms. The molecule has 0 heterocycles. The van der Waals surface area contributed by atoms with Crippen molar-refractivity contribution in [2.24, 2.45) is 0 Å². The molecule has 7 nitrogen and oxygen atoms in total. The lowest BCUT2D eigenvalue weighted by Gasteiger charge is -2.19. The van der Waals surface area contributed by atoms with Crippen LogP contribution in [0.25, 0.3) is 0 Å². The van der Waals surface area contributed by atoms with Gasteiger partial charge in [0, 0.05) is 18.8 Å². The van der Waals surface area contributed by atoms with Gasteiger partial charge in [0.25, 0.3) is 10.0 Å². The normalized spacial score (nSPS) is 12.3. The summed E-state index contributed by atoms with van der Waals surface area (Å²) < 4.78 is 38.3. The molecule has 0 saturated heterocycles. The summed E-state index contributed by atoms with van der Waals surface area (Å²) in [5.41, 5.74) is 1.96. The molecule has 0 spiro atoms. The molecule has 2 N–H and O–H groups in total. The zero-order chi connectivity index (χ0) is 20.0. The number of benzene rings is 2. The minimum Gasteiger partial charge on any atom is -0.465 e. The van der Waals surface area contributed by atoms with Crippen LogP contribution in [0.4, 0.5) is 11.4 Å². The van der Waals surface area contributed by atoms with Crippen molar-refractivity contribution >= 4 is 27.4 Å². The lowest BCUT2D eigenvalue weighted by atomic mass is 10.2. The third-order valence-electron chi connectivity index (χ3n) is 3.81. The Morgan fingerprint density at radius 3 is 2.37 bits per heavy atom. The van der Waals surface area contributed by atoms with E-state index in [9.17, 15) is 13.2 Å². The van der Waals surface area contributed by atoms with Gasteiger partial charge in [0.15, 0.2) is 0 Å². The number of nitrogens with one attached hydrogen (secondary N) is 2. The minimum absolute atomic E-state index is 0.0473. The summed E-state index contributed by atoms with van der Waals surface area (Å²) in [5.74, 6) is -0.613. The maximum absolute atomic E-state index is 13.0. The minimum atomic E-state index is -3.94. The van der Waals surface area contributed by atoms with Crippen LogP contribution in [-0.2, 0) is 19.5 Å². The topological polar surface area (TPSA) is 93.7 Å². The van der Waals surface area contributed by atoms with Crippen LogP contribution in [0.5, 0.6) is 0 Å². The van der Waals surface area contributed by atoms with Crippen molar-refractivity contribution in [1.82, 2.24) is 0 Å². The van der Waals surface area contributed by atoms with Crippen molar-refractivity contribution in [3.63, 3.8) is 0 Å². The largest absolute Gasteiger partial charge is 0.465 e. The summed E-state index contributed by atoms with van der Waals surface area (Å²) >= 11 is 0. The van der Waals surface area contributed by atoms with Gasteiger partial charge in [-0.3, -0.25) is 4.72 Å². The van der Waals surface area contributed by atoms with Crippen LogP contribution >= 0.6 is 0 Å². The zero-order valence-corrected chi connectivity index (χ0v) is 16.6. The van der Waals surface area contributed by atoms with Crippen molar-refractivity contribution < 1.29 is 22.7 Å². The van der Waals surface area contributed by atoms with Gasteiger partial charge in [0.2, 0.25) is 0 Å². The molecule has 0 amide bonds. The molecule has 2 aromatic carbocycles. The number of aryl methyl sites for hydroxylation is 1. The van der Waals surface area contributed by atoms with Crippen LogP contribution < -0.4 is 10.0 Å². The molecule has 0 aromatic heterocycles. The van der Waals surface area contributed by atoms with Gasteiger partial charge in [-0.2, -0.15) is 0 Å². The van der Waals surface area contributed by atoms with E-state index in [0.717, 1.165) is 5.56 Å². The average Bonchev–Trinajstić information content (AvgIpc) is 2.63. The number of esters is 1. The van der Waals surface area contributed by atoms with Crippen LogP contribution in [0.3, 0.4) is 0 Å². The van der Waals surface area contributed by atoms with Crippen LogP contribution in [0, 0.1) is 6.92 Å². The van der Waals surface area contributed by atoms with Crippen LogP contribution in [0.2, 0.25) is 0 Å². The number of hydrogen-bond donors (Lipinski definition) is 2. The van der Waals surface area contributed by atoms with Crippen molar-refractivity contribution in [1.29, 1.82) is 0 Å². The number of carbonyl (C=O) groups is 1. The van der Waals surface area contributed by atoms with Gasteiger partial charge < -0.3 is 14.8 Å². The van der Waals surface area contributed by atoms with Gasteiger partial charge in [-0.15, -0.1) is 0 Å². The summed E-state index contributed by atoms with van der Waals surface area (Å²) in [5, 5.41) is 3.10. The summed E-state index contributed by atoms with van der Waals surface area (Å²) in [7, 11) is -1.13. The Balaban J connectivity index is 2.45. The Labute approximate surface area is 159 Å². The first-order valence-electron chi connectivity index (χ1n) is 8.34. The van der Waals surface area contributed by atoms with Crippen molar-refractivity contribution in [3.05, 3.63) is 53.6 Å². The van der Waals surface area contributed by atoms with Gasteiger partial charge in [-0.25, -0.2) is 13.2 Å². The molecular formula is C19H24N2O5S. The average molecular weight is 392 g/mol. The molecule has 27 heavy (non-hydrogen) atoms. The van der Waals surface area contributed by atoms with Crippen LogP contribution in [0.15, 0.2) is 47.4 Å². The molecule has 2 aromatic rings. The maximum atomic E-state index is 13.0. The van der Waals surface area contributed by atoms with Gasteiger partial charge >= 0.3 is 5.97 Å². The Morgan fingerprint density at radius 1 is 1.11 bits per heavy atom. The van der Waals surface area contributed by atoms with Gasteiger partial charge in [0.05, 0.1) is 25.0 Å². The third kappa shape index (κ3) is 5.45. The van der Waals surface area contributed by atoms with E-state index in [-0.39, 0.29) is 16.5 Å². The van der Waals surface area contributed by atoms with E-state index in [2.05, 4.69) is 10.0 Å². The predicted molar refractivity (Wildman–Crippen MR) is 105 cm³/mol. The molecule has 146 valence electrons. The highest BCUT2D eigenvalue weighted by molar-refractivity contribution is 7.92. The summed E-state index contributed by atoms with van der Waals surface area (Å²) in [6.07, 6.45) is 0. The zero-order valence-electron chi connectivity index (χ0n) is 15.8. The SMILES string of the molecule is COC[C@@H](C)Nc1ccc(C(=O)OC)cc1S(=O)(=O)Nc1ccc(C)cc1. The lowest BCUT2D eigenvalue weighted by Crippen LogP contribution is -2.23. The molecule has 0 radical (unpaired) electrons. The Morgan fingerprint density at radius 2 is 1.78 bits per heavy atom. The van der Waals surface area contributed by atoms with Crippen molar-refractivity contribution in [2.45, 2.75) is 24.8 Å². The van der Waals surface area contributed by atoms with Crippen LogP contribution in [-0.4, -0.2) is 41.3 Å². The van der Waals surface area contributed by atoms with Crippen molar-refractivity contribution in [3.8, 4) is 0 Å². The molecule has 0 unspecified atom stereocenters. The molecule has 0 saturated carbocycles. The Bertz CT molecular complexity index is 895. The third-order valence-corrected chi connectivity index (χ3v) is 5.24. The number of hydrogen-bond acceptors (Lipinski definition) is 6. The lowest BCUT2D eigenvalue weighted by molar-refractivity contribution is 0.0600. The molecule has 0 aliphatic heterocycles. The highest BCUT2D eigenvalue weighted by Crippen LogP contribution is 2.26. The number of rotatable bonds is 8. The quantitative estimate of drug-likeness (QED) is 0.671. The second kappa shape index (κ2) is 8.88. The number of anilines is 2. The first-order valence-corrected chi connectivity index (χ1v) is 9.82. The van der Waals surface area contributed by atoms with E-state index in [1.165, 1.54) is 19.2 Å². The molecule has 0 fully saturated rings. The van der Waals surface area contributed by atoms with Gasteiger partial charge in [0.1, 0.15) is 4.90 Å². The monoisotopic (exact) mass is 392 g/mol. The number of methoxy groups -OCH3 is 2. The highest BCUT2D eigenvalue weighted by Gasteiger charge is 2.22. The fourth-order valence-corrected chi connectivity index (χ4v) is 3.75. The van der Waals surface area contributed by atoms with E-state index in [0.29, 0.717) is 18.0 Å². The van der Waals surface area contributed by atoms with Gasteiger partial charge in [-0.1, -0.05) is 17.7 Å². The maximum Gasteiger partial charge on any atom is 0.337 e. The first kappa shape index (κ1) is 20.7. The summed E-state index contributed by atoms with van der Waals surface area (Å²) in [4.78, 5) is 11.8. The van der Waals surface area contributed by atoms with Crippen molar-refractivity contribution in [2.75, 3.05) is 30.9 Å². The van der Waals surface area contributed by atoms with Crippen LogP contribution in [0.1, 0.15) is 22.8 Å². The molecule has 2 rings (SSSR count). The molecule has 1 atom stereocenters. The molecule has 0 aliphatic carbocycles.